The summed E-state index contributed by atoms with van der Waals surface area (Å²) < 4.78 is 58.3. The van der Waals surface area contributed by atoms with Gasteiger partial charge in [-0.3, -0.25) is 9.10 Å². The van der Waals surface area contributed by atoms with Crippen LogP contribution < -0.4 is 23.8 Å². The number of hydrogen-bond donors (Lipinski definition) is 1. The average Bonchev–Trinajstić information content (AvgIpc) is 3.08. The summed E-state index contributed by atoms with van der Waals surface area (Å²) >= 11 is 0. The highest BCUT2D eigenvalue weighted by Gasteiger charge is 2.30. The maximum atomic E-state index is 14.4. The third-order valence-electron chi connectivity index (χ3n) is 5.08. The molecule has 0 aliphatic carbocycles. The minimum absolute atomic E-state index is 0.179. The zero-order valence-corrected chi connectivity index (χ0v) is 19.2. The Balaban J connectivity index is 1.62. The van der Waals surface area contributed by atoms with Crippen molar-refractivity contribution >= 4 is 27.3 Å². The summed E-state index contributed by atoms with van der Waals surface area (Å²) in [6, 6.07) is 16.0. The number of nitrogens with zero attached hydrogens (tertiary/aromatic N) is 1. The summed E-state index contributed by atoms with van der Waals surface area (Å²) in [5.41, 5.74) is 0.588. The Kier molecular flexibility index (Phi) is 6.87. The van der Waals surface area contributed by atoms with Gasteiger partial charge in [-0.25, -0.2) is 12.8 Å². The summed E-state index contributed by atoms with van der Waals surface area (Å²) in [5.74, 6) is 0.0250. The van der Waals surface area contributed by atoms with E-state index in [1.165, 1.54) is 31.4 Å². The number of hydrogen-bond acceptors (Lipinski definition) is 6. The van der Waals surface area contributed by atoms with E-state index in [9.17, 15) is 17.6 Å². The largest absolute Gasteiger partial charge is 0.497 e. The van der Waals surface area contributed by atoms with Crippen LogP contribution in [0.1, 0.15) is 6.42 Å². The van der Waals surface area contributed by atoms with Gasteiger partial charge in [-0.1, -0.05) is 12.1 Å². The number of sulfonamides is 1. The fourth-order valence-electron chi connectivity index (χ4n) is 3.41. The summed E-state index contributed by atoms with van der Waals surface area (Å²) in [5, 5.41) is 2.67. The highest BCUT2D eigenvalue weighted by molar-refractivity contribution is 7.92. The molecule has 0 radical (unpaired) electrons. The van der Waals surface area contributed by atoms with Crippen LogP contribution in [-0.4, -0.2) is 41.2 Å². The maximum absolute atomic E-state index is 14.4. The molecule has 1 amide bonds. The van der Waals surface area contributed by atoms with E-state index < -0.39 is 33.2 Å². The molecule has 0 saturated heterocycles. The third-order valence-corrected chi connectivity index (χ3v) is 6.89. The molecule has 3 aromatic carbocycles. The topological polar surface area (TPSA) is 94.2 Å². The monoisotopic (exact) mass is 486 g/mol. The summed E-state index contributed by atoms with van der Waals surface area (Å²) in [4.78, 5) is 12.4. The predicted octanol–water partition coefficient (Wildman–Crippen LogP) is 3.83. The zero-order chi connectivity index (χ0) is 24.1. The molecule has 1 heterocycles. The van der Waals surface area contributed by atoms with Crippen molar-refractivity contribution in [1.82, 2.24) is 0 Å². The van der Waals surface area contributed by atoms with Crippen LogP contribution in [0.2, 0.25) is 0 Å². The van der Waals surface area contributed by atoms with Gasteiger partial charge in [0, 0.05) is 18.2 Å². The van der Waals surface area contributed by atoms with Gasteiger partial charge < -0.3 is 19.5 Å². The van der Waals surface area contributed by atoms with Crippen molar-refractivity contribution in [2.45, 2.75) is 11.3 Å². The van der Waals surface area contributed by atoms with E-state index in [1.807, 2.05) is 0 Å². The highest BCUT2D eigenvalue weighted by atomic mass is 32.2. The van der Waals surface area contributed by atoms with Crippen LogP contribution in [-0.2, 0) is 14.8 Å². The van der Waals surface area contributed by atoms with Crippen LogP contribution in [0.4, 0.5) is 15.8 Å². The molecule has 0 unspecified atom stereocenters. The Morgan fingerprint density at radius 2 is 1.74 bits per heavy atom. The van der Waals surface area contributed by atoms with Gasteiger partial charge in [0.25, 0.3) is 10.0 Å². The number of halogens is 1. The van der Waals surface area contributed by atoms with Gasteiger partial charge in [-0.15, -0.1) is 0 Å². The molecule has 0 fully saturated rings. The zero-order valence-electron chi connectivity index (χ0n) is 18.4. The van der Waals surface area contributed by atoms with Gasteiger partial charge in [0.1, 0.15) is 23.0 Å². The highest BCUT2D eigenvalue weighted by Crippen LogP contribution is 2.32. The first-order valence-corrected chi connectivity index (χ1v) is 11.9. The van der Waals surface area contributed by atoms with Crippen molar-refractivity contribution in [1.29, 1.82) is 0 Å². The first-order valence-electron chi connectivity index (χ1n) is 10.5. The number of anilines is 2. The number of rotatable bonds is 7. The Labute approximate surface area is 196 Å². The molecule has 4 rings (SSSR count). The first-order chi connectivity index (χ1) is 16.4. The number of ether oxygens (including phenoxy) is 3. The van der Waals surface area contributed by atoms with E-state index in [0.29, 0.717) is 36.1 Å². The van der Waals surface area contributed by atoms with Crippen molar-refractivity contribution in [2.75, 3.05) is 36.5 Å². The Morgan fingerprint density at radius 1 is 1.03 bits per heavy atom. The second-order valence-electron chi connectivity index (χ2n) is 7.40. The second-order valence-corrected chi connectivity index (χ2v) is 9.23. The lowest BCUT2D eigenvalue weighted by Crippen LogP contribution is -2.38. The molecule has 34 heavy (non-hydrogen) atoms. The molecular formula is C24H23FN2O6S. The van der Waals surface area contributed by atoms with E-state index in [4.69, 9.17) is 14.2 Å². The van der Waals surface area contributed by atoms with Crippen LogP contribution in [0, 0.1) is 5.82 Å². The predicted molar refractivity (Wildman–Crippen MR) is 125 cm³/mol. The van der Waals surface area contributed by atoms with E-state index >= 15 is 0 Å². The quantitative estimate of drug-likeness (QED) is 0.546. The van der Waals surface area contributed by atoms with Crippen molar-refractivity contribution in [3.63, 3.8) is 0 Å². The Hall–Kier alpha value is -3.79. The number of methoxy groups -OCH3 is 1. The molecule has 3 aromatic rings. The van der Waals surface area contributed by atoms with Crippen molar-refractivity contribution in [3.8, 4) is 17.2 Å². The number of carbonyl (C=O) groups excluding carboxylic acids is 1. The minimum atomic E-state index is -4.40. The maximum Gasteiger partial charge on any atom is 0.267 e. The Bertz CT molecular complexity index is 1280. The standard InChI is InChI=1S/C24H23FN2O6S/c1-31-19-10-8-18(9-11-19)27(34(29,30)23-6-3-2-5-20(23)25)16-24(28)26-17-7-12-21-22(15-17)33-14-4-13-32-21/h2-3,5-12,15H,4,13-14,16H2,1H3,(H,26,28). The Morgan fingerprint density at radius 3 is 2.44 bits per heavy atom. The fourth-order valence-corrected chi connectivity index (χ4v) is 4.90. The summed E-state index contributed by atoms with van der Waals surface area (Å²) in [6.45, 7) is 0.428. The molecule has 0 aromatic heterocycles. The molecule has 1 aliphatic heterocycles. The molecule has 1 aliphatic rings. The van der Waals surface area contributed by atoms with Crippen LogP contribution in [0.15, 0.2) is 71.6 Å². The number of nitrogens with one attached hydrogen (secondary N) is 1. The molecule has 10 heteroatoms. The van der Waals surface area contributed by atoms with Gasteiger partial charge in [-0.05, 0) is 48.5 Å². The SMILES string of the molecule is COc1ccc(N(CC(=O)Nc2ccc3c(c2)OCCCO3)S(=O)(=O)c2ccccc2F)cc1. The molecular weight excluding hydrogens is 463 g/mol. The van der Waals surface area contributed by atoms with E-state index in [1.54, 1.807) is 30.3 Å². The molecule has 0 spiro atoms. The number of fused-ring (bicyclic) bond motifs is 1. The lowest BCUT2D eigenvalue weighted by Gasteiger charge is -2.24. The van der Waals surface area contributed by atoms with Crippen LogP contribution in [0.5, 0.6) is 17.2 Å². The average molecular weight is 487 g/mol. The molecule has 8 nitrogen and oxygen atoms in total. The fraction of sp³-hybridized carbons (Fsp3) is 0.208. The van der Waals surface area contributed by atoms with Crippen molar-refractivity contribution in [3.05, 3.63) is 72.5 Å². The van der Waals surface area contributed by atoms with Gasteiger partial charge in [0.05, 0.1) is 26.0 Å². The summed E-state index contributed by atoms with van der Waals surface area (Å²) in [7, 11) is -2.92. The van der Waals surface area contributed by atoms with Crippen LogP contribution in [0.25, 0.3) is 0 Å². The molecule has 0 bridgehead atoms. The molecule has 1 N–H and O–H groups in total. The molecule has 0 saturated carbocycles. The van der Waals surface area contributed by atoms with E-state index in [-0.39, 0.29) is 5.69 Å². The molecule has 0 atom stereocenters. The van der Waals surface area contributed by atoms with E-state index in [2.05, 4.69) is 5.32 Å². The lowest BCUT2D eigenvalue weighted by atomic mass is 10.2. The second kappa shape index (κ2) is 10.0. The van der Waals surface area contributed by atoms with Gasteiger partial charge >= 0.3 is 0 Å². The number of carbonyl (C=O) groups is 1. The van der Waals surface area contributed by atoms with Crippen molar-refractivity contribution in [2.24, 2.45) is 0 Å². The smallest absolute Gasteiger partial charge is 0.267 e. The lowest BCUT2D eigenvalue weighted by molar-refractivity contribution is -0.114. The molecule has 178 valence electrons. The van der Waals surface area contributed by atoms with Gasteiger partial charge in [0.2, 0.25) is 5.91 Å². The third kappa shape index (κ3) is 5.07. The first kappa shape index (κ1) is 23.4. The van der Waals surface area contributed by atoms with Crippen molar-refractivity contribution < 1.29 is 31.8 Å². The minimum Gasteiger partial charge on any atom is -0.497 e. The summed E-state index contributed by atoms with van der Waals surface area (Å²) in [6.07, 6.45) is 0.737. The number of amides is 1. The number of benzene rings is 3. The van der Waals surface area contributed by atoms with Gasteiger partial charge in [0.15, 0.2) is 11.5 Å². The van der Waals surface area contributed by atoms with Crippen LogP contribution in [0.3, 0.4) is 0 Å². The van der Waals surface area contributed by atoms with Crippen LogP contribution >= 0.6 is 0 Å². The normalized spacial score (nSPS) is 13.0. The van der Waals surface area contributed by atoms with E-state index in [0.717, 1.165) is 22.9 Å². The van der Waals surface area contributed by atoms with Gasteiger partial charge in [-0.2, -0.15) is 0 Å².